The van der Waals surface area contributed by atoms with Crippen LogP contribution in [0, 0.1) is 5.92 Å². The van der Waals surface area contributed by atoms with Gasteiger partial charge in [0, 0.05) is 18.2 Å². The van der Waals surface area contributed by atoms with Crippen LogP contribution < -0.4 is 10.6 Å². The number of hydrogen-bond donors (Lipinski definition) is 2. The van der Waals surface area contributed by atoms with Crippen LogP contribution in [0.4, 0.5) is 5.69 Å². The highest BCUT2D eigenvalue weighted by Crippen LogP contribution is 2.27. The third-order valence-electron chi connectivity index (χ3n) is 5.83. The van der Waals surface area contributed by atoms with Crippen molar-refractivity contribution in [2.24, 2.45) is 5.92 Å². The van der Waals surface area contributed by atoms with E-state index in [-0.39, 0.29) is 17.7 Å². The molecule has 0 bridgehead atoms. The van der Waals surface area contributed by atoms with E-state index in [1.807, 2.05) is 54.1 Å². The normalized spacial score (nSPS) is 13.5. The van der Waals surface area contributed by atoms with Gasteiger partial charge in [0.25, 0.3) is 5.91 Å². The Morgan fingerprint density at radius 1 is 1.06 bits per heavy atom. The second-order valence-corrected chi connectivity index (χ2v) is 8.00. The van der Waals surface area contributed by atoms with Gasteiger partial charge in [-0.05, 0) is 42.5 Å². The van der Waals surface area contributed by atoms with E-state index in [1.165, 1.54) is 0 Å². The van der Waals surface area contributed by atoms with Gasteiger partial charge in [-0.25, -0.2) is 0 Å². The van der Waals surface area contributed by atoms with Crippen molar-refractivity contribution in [2.45, 2.75) is 45.7 Å². The molecule has 1 heterocycles. The van der Waals surface area contributed by atoms with E-state index in [2.05, 4.69) is 27.9 Å². The molecule has 0 aliphatic heterocycles. The van der Waals surface area contributed by atoms with E-state index in [4.69, 9.17) is 0 Å². The van der Waals surface area contributed by atoms with Crippen molar-refractivity contribution in [3.8, 4) is 0 Å². The first-order valence-corrected chi connectivity index (χ1v) is 10.9. The van der Waals surface area contributed by atoms with E-state index in [0.29, 0.717) is 18.7 Å². The second-order valence-electron chi connectivity index (χ2n) is 8.00. The number of benzene rings is 2. The number of nitrogens with zero attached hydrogens (tertiary/aromatic N) is 2. The number of nitrogens with one attached hydrogen (secondary N) is 2. The average molecular weight is 417 g/mol. The zero-order valence-electron chi connectivity index (χ0n) is 17.8. The fraction of sp³-hybridized carbons (Fsp3) is 0.320. The first-order chi connectivity index (χ1) is 15.1. The lowest BCUT2D eigenvalue weighted by molar-refractivity contribution is -0.122. The molecule has 3 aromatic rings. The minimum Gasteiger partial charge on any atom is -0.348 e. The molecule has 2 N–H and O–H groups in total. The molecular weight excluding hydrogens is 388 g/mol. The SMILES string of the molecule is CCc1c(C(=O)NCc2cccc(NC(=O)C3CCC3)c2)cnn1Cc1ccccc1. The number of rotatable bonds is 8. The smallest absolute Gasteiger partial charge is 0.255 e. The van der Waals surface area contributed by atoms with Gasteiger partial charge < -0.3 is 10.6 Å². The molecule has 0 spiro atoms. The number of carbonyl (C=O) groups excluding carboxylic acids is 2. The van der Waals surface area contributed by atoms with E-state index in [0.717, 1.165) is 48.2 Å². The van der Waals surface area contributed by atoms with E-state index in [1.54, 1.807) is 6.20 Å². The van der Waals surface area contributed by atoms with E-state index in [9.17, 15) is 9.59 Å². The standard InChI is InChI=1S/C25H28N4O2/c1-2-23-22(16-27-29(23)17-18-8-4-3-5-9-18)25(31)26-15-19-10-6-13-21(14-19)28-24(30)20-11-7-12-20/h3-6,8-10,13-14,16,20H,2,7,11-12,15,17H2,1H3,(H,26,31)(H,28,30). The Balaban J connectivity index is 1.38. The highest BCUT2D eigenvalue weighted by atomic mass is 16.2. The first kappa shape index (κ1) is 20.8. The quantitative estimate of drug-likeness (QED) is 0.579. The van der Waals surface area contributed by atoms with Crippen LogP contribution in [0.3, 0.4) is 0 Å². The first-order valence-electron chi connectivity index (χ1n) is 10.9. The van der Waals surface area contributed by atoms with Crippen molar-refractivity contribution >= 4 is 17.5 Å². The summed E-state index contributed by atoms with van der Waals surface area (Å²) in [4.78, 5) is 25.0. The van der Waals surface area contributed by atoms with Crippen LogP contribution >= 0.6 is 0 Å². The number of aromatic nitrogens is 2. The van der Waals surface area contributed by atoms with Crippen LogP contribution in [0.1, 0.15) is 53.4 Å². The molecule has 6 heteroatoms. The third kappa shape index (κ3) is 5.02. The lowest BCUT2D eigenvalue weighted by Gasteiger charge is -2.24. The van der Waals surface area contributed by atoms with Crippen LogP contribution in [0.5, 0.6) is 0 Å². The van der Waals surface area contributed by atoms with Crippen LogP contribution in [0.2, 0.25) is 0 Å². The van der Waals surface area contributed by atoms with Gasteiger partial charge in [-0.2, -0.15) is 5.10 Å². The lowest BCUT2D eigenvalue weighted by atomic mass is 9.85. The number of carbonyl (C=O) groups is 2. The van der Waals surface area contributed by atoms with Gasteiger partial charge in [0.15, 0.2) is 0 Å². The number of amides is 2. The number of hydrogen-bond acceptors (Lipinski definition) is 3. The second kappa shape index (κ2) is 9.60. The summed E-state index contributed by atoms with van der Waals surface area (Å²) >= 11 is 0. The molecule has 0 atom stereocenters. The fourth-order valence-corrected chi connectivity index (χ4v) is 3.82. The Hall–Kier alpha value is -3.41. The van der Waals surface area contributed by atoms with E-state index >= 15 is 0 Å². The van der Waals surface area contributed by atoms with Gasteiger partial charge in [-0.15, -0.1) is 0 Å². The molecule has 4 rings (SSSR count). The van der Waals surface area contributed by atoms with E-state index < -0.39 is 0 Å². The summed E-state index contributed by atoms with van der Waals surface area (Å²) in [5, 5.41) is 10.4. The van der Waals surface area contributed by atoms with Crippen molar-refractivity contribution in [3.05, 3.63) is 83.2 Å². The fourth-order valence-electron chi connectivity index (χ4n) is 3.82. The summed E-state index contributed by atoms with van der Waals surface area (Å²) in [6.07, 6.45) is 5.44. The molecule has 31 heavy (non-hydrogen) atoms. The molecule has 1 fully saturated rings. The molecule has 1 saturated carbocycles. The van der Waals surface area contributed by atoms with Crippen LogP contribution in [-0.4, -0.2) is 21.6 Å². The highest BCUT2D eigenvalue weighted by molar-refractivity contribution is 5.95. The summed E-state index contributed by atoms with van der Waals surface area (Å²) in [6.45, 7) is 3.06. The average Bonchev–Trinajstić information content (AvgIpc) is 3.14. The van der Waals surface area contributed by atoms with Gasteiger partial charge >= 0.3 is 0 Å². The summed E-state index contributed by atoms with van der Waals surface area (Å²) in [6, 6.07) is 17.7. The van der Waals surface area contributed by atoms with Gasteiger partial charge in [0.1, 0.15) is 0 Å². The maximum atomic E-state index is 12.8. The Morgan fingerprint density at radius 2 is 1.84 bits per heavy atom. The minimum absolute atomic E-state index is 0.0888. The largest absolute Gasteiger partial charge is 0.348 e. The van der Waals surface area contributed by atoms with Gasteiger partial charge in [-0.3, -0.25) is 14.3 Å². The van der Waals surface area contributed by atoms with Gasteiger partial charge in [-0.1, -0.05) is 55.8 Å². The van der Waals surface area contributed by atoms with Crippen LogP contribution in [-0.2, 0) is 24.3 Å². The Bertz CT molecular complexity index is 1050. The third-order valence-corrected chi connectivity index (χ3v) is 5.83. The van der Waals surface area contributed by atoms with Crippen LogP contribution in [0.15, 0.2) is 60.8 Å². The predicted octanol–water partition coefficient (Wildman–Crippen LogP) is 4.16. The molecule has 0 saturated heterocycles. The minimum atomic E-state index is -0.139. The predicted molar refractivity (Wildman–Crippen MR) is 121 cm³/mol. The molecule has 1 aliphatic rings. The van der Waals surface area contributed by atoms with Gasteiger partial charge in [0.2, 0.25) is 5.91 Å². The Kier molecular flexibility index (Phi) is 6.46. The maximum Gasteiger partial charge on any atom is 0.255 e. The lowest BCUT2D eigenvalue weighted by Crippen LogP contribution is -2.28. The van der Waals surface area contributed by atoms with Gasteiger partial charge in [0.05, 0.1) is 24.0 Å². The molecule has 160 valence electrons. The maximum absolute atomic E-state index is 12.8. The molecule has 0 radical (unpaired) electrons. The Labute approximate surface area is 182 Å². The highest BCUT2D eigenvalue weighted by Gasteiger charge is 2.25. The summed E-state index contributed by atoms with van der Waals surface area (Å²) in [7, 11) is 0. The molecular formula is C25H28N4O2. The molecule has 2 amide bonds. The van der Waals surface area contributed by atoms with Crippen LogP contribution in [0.25, 0.3) is 0 Å². The van der Waals surface area contributed by atoms with Crippen molar-refractivity contribution in [2.75, 3.05) is 5.32 Å². The number of anilines is 1. The summed E-state index contributed by atoms with van der Waals surface area (Å²) in [5.41, 5.74) is 4.38. The molecule has 1 aromatic heterocycles. The molecule has 0 unspecified atom stereocenters. The summed E-state index contributed by atoms with van der Waals surface area (Å²) < 4.78 is 1.89. The summed E-state index contributed by atoms with van der Waals surface area (Å²) in [5.74, 6) is 0.0918. The van der Waals surface area contributed by atoms with Crippen molar-refractivity contribution in [3.63, 3.8) is 0 Å². The monoisotopic (exact) mass is 416 g/mol. The zero-order chi connectivity index (χ0) is 21.6. The molecule has 1 aliphatic carbocycles. The van der Waals surface area contributed by atoms with Crippen molar-refractivity contribution < 1.29 is 9.59 Å². The molecule has 2 aromatic carbocycles. The zero-order valence-corrected chi connectivity index (χ0v) is 17.8. The topological polar surface area (TPSA) is 76.0 Å². The van der Waals surface area contributed by atoms with Crippen molar-refractivity contribution in [1.29, 1.82) is 0 Å². The Morgan fingerprint density at radius 3 is 2.55 bits per heavy atom. The van der Waals surface area contributed by atoms with Crippen molar-refractivity contribution in [1.82, 2.24) is 15.1 Å². The molecule has 6 nitrogen and oxygen atoms in total.